The van der Waals surface area contributed by atoms with E-state index in [1.807, 2.05) is 6.92 Å². The van der Waals surface area contributed by atoms with Crippen molar-refractivity contribution in [1.82, 2.24) is 15.3 Å². The second-order valence-corrected chi connectivity index (χ2v) is 5.13. The van der Waals surface area contributed by atoms with E-state index in [2.05, 4.69) is 20.6 Å². The van der Waals surface area contributed by atoms with Crippen molar-refractivity contribution >= 4 is 5.82 Å². The lowest BCUT2D eigenvalue weighted by atomic mass is 10.00. The number of piperidine rings is 1. The lowest BCUT2D eigenvalue weighted by molar-refractivity contribution is 0.325. The van der Waals surface area contributed by atoms with E-state index in [0.29, 0.717) is 30.6 Å². The molecule has 0 amide bonds. The Hall–Kier alpha value is -1.36. The zero-order valence-corrected chi connectivity index (χ0v) is 10.7. The standard InChI is InChI=1S/C13H20N4O/c1-2-18-13-8-14-7-12(17-13)16-11-5-9-3-4-10(6-11)15-9/h7-11,15H,2-6H2,1H3,(H,16,17). The van der Waals surface area contributed by atoms with Gasteiger partial charge in [-0.3, -0.25) is 4.98 Å². The first-order chi connectivity index (χ1) is 8.83. The molecule has 0 spiro atoms. The van der Waals surface area contributed by atoms with E-state index in [-0.39, 0.29) is 0 Å². The molecule has 2 aliphatic rings. The van der Waals surface area contributed by atoms with E-state index in [4.69, 9.17) is 4.74 Å². The Kier molecular flexibility index (Phi) is 3.32. The number of hydrogen-bond acceptors (Lipinski definition) is 5. The van der Waals surface area contributed by atoms with Crippen LogP contribution < -0.4 is 15.4 Å². The topological polar surface area (TPSA) is 59.1 Å². The van der Waals surface area contributed by atoms with Crippen molar-refractivity contribution in [2.75, 3.05) is 11.9 Å². The van der Waals surface area contributed by atoms with Gasteiger partial charge in [-0.05, 0) is 32.6 Å². The van der Waals surface area contributed by atoms with Gasteiger partial charge in [0.2, 0.25) is 5.88 Å². The van der Waals surface area contributed by atoms with Gasteiger partial charge in [-0.25, -0.2) is 0 Å². The molecular formula is C13H20N4O. The Morgan fingerprint density at radius 1 is 1.33 bits per heavy atom. The normalized spacial score (nSPS) is 30.2. The van der Waals surface area contributed by atoms with Gasteiger partial charge in [0.1, 0.15) is 5.82 Å². The van der Waals surface area contributed by atoms with Gasteiger partial charge >= 0.3 is 0 Å². The Morgan fingerprint density at radius 3 is 2.83 bits per heavy atom. The van der Waals surface area contributed by atoms with Crippen LogP contribution in [0.1, 0.15) is 32.6 Å². The summed E-state index contributed by atoms with van der Waals surface area (Å²) in [7, 11) is 0. The predicted octanol–water partition coefficient (Wildman–Crippen LogP) is 1.57. The summed E-state index contributed by atoms with van der Waals surface area (Å²) in [6.45, 7) is 2.57. The summed E-state index contributed by atoms with van der Waals surface area (Å²) >= 11 is 0. The predicted molar refractivity (Wildman–Crippen MR) is 69.8 cm³/mol. The largest absolute Gasteiger partial charge is 0.477 e. The molecule has 3 heterocycles. The van der Waals surface area contributed by atoms with Gasteiger partial charge in [0, 0.05) is 18.1 Å². The second-order valence-electron chi connectivity index (χ2n) is 5.13. The van der Waals surface area contributed by atoms with Gasteiger partial charge in [-0.15, -0.1) is 0 Å². The quantitative estimate of drug-likeness (QED) is 0.847. The SMILES string of the molecule is CCOc1cncc(NC2CC3CCC(C2)N3)n1. The molecule has 2 unspecified atom stereocenters. The maximum Gasteiger partial charge on any atom is 0.234 e. The Labute approximate surface area is 107 Å². The summed E-state index contributed by atoms with van der Waals surface area (Å²) in [5, 5.41) is 7.12. The van der Waals surface area contributed by atoms with Crippen LogP contribution in [0.5, 0.6) is 5.88 Å². The highest BCUT2D eigenvalue weighted by molar-refractivity contribution is 5.35. The lowest BCUT2D eigenvalue weighted by Crippen LogP contribution is -2.43. The minimum Gasteiger partial charge on any atom is -0.477 e. The monoisotopic (exact) mass is 248 g/mol. The Morgan fingerprint density at radius 2 is 2.11 bits per heavy atom. The van der Waals surface area contributed by atoms with E-state index in [0.717, 1.165) is 5.82 Å². The zero-order chi connectivity index (χ0) is 12.4. The summed E-state index contributed by atoms with van der Waals surface area (Å²) in [6.07, 6.45) is 8.41. The van der Waals surface area contributed by atoms with Crippen molar-refractivity contribution in [1.29, 1.82) is 0 Å². The van der Waals surface area contributed by atoms with Crippen LogP contribution in [0.4, 0.5) is 5.82 Å². The molecule has 2 fully saturated rings. The van der Waals surface area contributed by atoms with Gasteiger partial charge < -0.3 is 15.4 Å². The molecular weight excluding hydrogens is 228 g/mol. The first-order valence-corrected chi connectivity index (χ1v) is 6.81. The number of nitrogens with one attached hydrogen (secondary N) is 2. The maximum absolute atomic E-state index is 5.36. The summed E-state index contributed by atoms with van der Waals surface area (Å²) in [4.78, 5) is 8.57. The van der Waals surface area contributed by atoms with Crippen molar-refractivity contribution < 1.29 is 4.74 Å². The van der Waals surface area contributed by atoms with Crippen LogP contribution in [0, 0.1) is 0 Å². The number of ether oxygens (including phenoxy) is 1. The molecule has 2 saturated heterocycles. The maximum atomic E-state index is 5.36. The highest BCUT2D eigenvalue weighted by Gasteiger charge is 2.33. The molecule has 3 rings (SSSR count). The van der Waals surface area contributed by atoms with E-state index in [1.165, 1.54) is 25.7 Å². The molecule has 18 heavy (non-hydrogen) atoms. The van der Waals surface area contributed by atoms with Crippen LogP contribution in [0.15, 0.2) is 12.4 Å². The number of nitrogens with zero attached hydrogens (tertiary/aromatic N) is 2. The summed E-state index contributed by atoms with van der Waals surface area (Å²) in [6, 6.07) is 1.88. The highest BCUT2D eigenvalue weighted by atomic mass is 16.5. The van der Waals surface area contributed by atoms with Gasteiger partial charge in [0.15, 0.2) is 0 Å². The molecule has 0 aliphatic carbocycles. The average Bonchev–Trinajstić information content (AvgIpc) is 2.70. The molecule has 1 aromatic rings. The van der Waals surface area contributed by atoms with Crippen LogP contribution in [-0.2, 0) is 0 Å². The van der Waals surface area contributed by atoms with Crippen molar-refractivity contribution in [2.45, 2.75) is 50.7 Å². The minimum absolute atomic E-state index is 0.509. The molecule has 1 aromatic heterocycles. The van der Waals surface area contributed by atoms with Crippen molar-refractivity contribution in [3.05, 3.63) is 12.4 Å². The molecule has 2 aliphatic heterocycles. The highest BCUT2D eigenvalue weighted by Crippen LogP contribution is 2.28. The molecule has 98 valence electrons. The van der Waals surface area contributed by atoms with E-state index in [9.17, 15) is 0 Å². The first-order valence-electron chi connectivity index (χ1n) is 6.81. The molecule has 2 atom stereocenters. The van der Waals surface area contributed by atoms with Crippen LogP contribution in [0.2, 0.25) is 0 Å². The summed E-state index contributed by atoms with van der Waals surface area (Å²) in [5.74, 6) is 1.42. The molecule has 5 heteroatoms. The Balaban J connectivity index is 1.63. The van der Waals surface area contributed by atoms with Crippen molar-refractivity contribution in [3.8, 4) is 5.88 Å². The molecule has 0 aromatic carbocycles. The van der Waals surface area contributed by atoms with E-state index < -0.39 is 0 Å². The Bertz CT molecular complexity index is 400. The fraction of sp³-hybridized carbons (Fsp3) is 0.692. The van der Waals surface area contributed by atoms with Gasteiger partial charge in [-0.1, -0.05) is 0 Å². The smallest absolute Gasteiger partial charge is 0.234 e. The number of fused-ring (bicyclic) bond motifs is 2. The average molecular weight is 248 g/mol. The minimum atomic E-state index is 0.509. The van der Waals surface area contributed by atoms with E-state index >= 15 is 0 Å². The number of anilines is 1. The fourth-order valence-electron chi connectivity index (χ4n) is 3.02. The van der Waals surface area contributed by atoms with E-state index in [1.54, 1.807) is 12.4 Å². The third-order valence-corrected chi connectivity index (χ3v) is 3.73. The summed E-state index contributed by atoms with van der Waals surface area (Å²) < 4.78 is 5.36. The van der Waals surface area contributed by atoms with Crippen LogP contribution in [0.3, 0.4) is 0 Å². The molecule has 2 N–H and O–H groups in total. The molecule has 0 radical (unpaired) electrons. The number of rotatable bonds is 4. The first kappa shape index (κ1) is 11.7. The second kappa shape index (κ2) is 5.10. The fourth-order valence-corrected chi connectivity index (χ4v) is 3.02. The molecule has 5 nitrogen and oxygen atoms in total. The number of aromatic nitrogens is 2. The van der Waals surface area contributed by atoms with Crippen LogP contribution in [0.25, 0.3) is 0 Å². The van der Waals surface area contributed by atoms with Crippen LogP contribution >= 0.6 is 0 Å². The lowest BCUT2D eigenvalue weighted by Gasteiger charge is -2.29. The third kappa shape index (κ3) is 2.56. The van der Waals surface area contributed by atoms with Gasteiger partial charge in [0.25, 0.3) is 0 Å². The zero-order valence-electron chi connectivity index (χ0n) is 10.7. The summed E-state index contributed by atoms with van der Waals surface area (Å²) in [5.41, 5.74) is 0. The van der Waals surface area contributed by atoms with Gasteiger partial charge in [-0.2, -0.15) is 4.98 Å². The molecule has 2 bridgehead atoms. The van der Waals surface area contributed by atoms with Crippen molar-refractivity contribution in [3.63, 3.8) is 0 Å². The third-order valence-electron chi connectivity index (χ3n) is 3.73. The van der Waals surface area contributed by atoms with Crippen molar-refractivity contribution in [2.24, 2.45) is 0 Å². The van der Waals surface area contributed by atoms with Crippen LogP contribution in [-0.4, -0.2) is 34.7 Å². The number of hydrogen-bond donors (Lipinski definition) is 2. The van der Waals surface area contributed by atoms with Gasteiger partial charge in [0.05, 0.1) is 19.0 Å². The molecule has 0 saturated carbocycles.